The van der Waals surface area contributed by atoms with Crippen LogP contribution in [-0.4, -0.2) is 41.9 Å². The highest BCUT2D eigenvalue weighted by Gasteiger charge is 2.34. The number of nitrogens with one attached hydrogen (secondary N) is 2. The molecular weight excluding hydrogens is 270 g/mol. The van der Waals surface area contributed by atoms with E-state index in [4.69, 9.17) is 4.74 Å². The van der Waals surface area contributed by atoms with Gasteiger partial charge in [-0.3, -0.25) is 4.90 Å². The van der Waals surface area contributed by atoms with E-state index in [2.05, 4.69) is 11.0 Å². The third-order valence-corrected chi connectivity index (χ3v) is 3.36. The zero-order chi connectivity index (χ0) is 14.1. The van der Waals surface area contributed by atoms with E-state index >= 15 is 0 Å². The maximum absolute atomic E-state index is 13.6. The maximum atomic E-state index is 13.6. The van der Waals surface area contributed by atoms with Gasteiger partial charge >= 0.3 is 6.09 Å². The summed E-state index contributed by atoms with van der Waals surface area (Å²) >= 11 is 0. The van der Waals surface area contributed by atoms with Gasteiger partial charge in [-0.15, -0.1) is 0 Å². The molecule has 6 nitrogen and oxygen atoms in total. The normalized spacial score (nSPS) is 23.4. The van der Waals surface area contributed by atoms with Crippen molar-refractivity contribution in [2.75, 3.05) is 19.7 Å². The topological polar surface area (TPSA) is 56.8 Å². The molecule has 0 radical (unpaired) electrons. The zero-order valence-corrected chi connectivity index (χ0v) is 10.6. The summed E-state index contributed by atoms with van der Waals surface area (Å²) in [6.07, 6.45) is -0.664. The van der Waals surface area contributed by atoms with Crippen LogP contribution in [0.1, 0.15) is 5.56 Å². The van der Waals surface area contributed by atoms with Crippen LogP contribution in [0, 0.1) is 11.6 Å². The van der Waals surface area contributed by atoms with Gasteiger partial charge in [-0.2, -0.15) is 5.53 Å². The molecule has 3 rings (SSSR count). The summed E-state index contributed by atoms with van der Waals surface area (Å²) in [7, 11) is 0. The Morgan fingerprint density at radius 2 is 2.10 bits per heavy atom. The van der Waals surface area contributed by atoms with E-state index < -0.39 is 11.6 Å². The molecule has 1 unspecified atom stereocenters. The quantitative estimate of drug-likeness (QED) is 0.850. The summed E-state index contributed by atoms with van der Waals surface area (Å²) in [5, 5.41) is 1.61. The molecule has 108 valence electrons. The Morgan fingerprint density at radius 3 is 2.75 bits per heavy atom. The molecule has 2 fully saturated rings. The minimum Gasteiger partial charge on any atom is -0.447 e. The summed E-state index contributed by atoms with van der Waals surface area (Å²) in [5.41, 5.74) is 5.69. The number of hydrogen-bond acceptors (Lipinski definition) is 5. The van der Waals surface area contributed by atoms with E-state index in [0.29, 0.717) is 19.7 Å². The smallest absolute Gasteiger partial charge is 0.411 e. The number of nitrogens with zero attached hydrogens (tertiary/aromatic N) is 2. The number of benzene rings is 1. The van der Waals surface area contributed by atoms with Crippen LogP contribution in [0.3, 0.4) is 0 Å². The van der Waals surface area contributed by atoms with Crippen LogP contribution in [0.25, 0.3) is 0 Å². The third-order valence-electron chi connectivity index (χ3n) is 3.36. The summed E-state index contributed by atoms with van der Waals surface area (Å²) in [6, 6.07) is 3.77. The first kappa shape index (κ1) is 13.2. The van der Waals surface area contributed by atoms with Crippen molar-refractivity contribution in [1.29, 1.82) is 0 Å². The molecule has 1 aromatic rings. The Balaban J connectivity index is 1.64. The lowest BCUT2D eigenvalue weighted by molar-refractivity contribution is 0.145. The average molecular weight is 284 g/mol. The molecule has 0 aliphatic carbocycles. The van der Waals surface area contributed by atoms with Gasteiger partial charge in [0.25, 0.3) is 0 Å². The van der Waals surface area contributed by atoms with Gasteiger partial charge < -0.3 is 4.74 Å². The number of hydrogen-bond donors (Lipinski definition) is 2. The molecule has 8 heteroatoms. The number of cyclic esters (lactones) is 1. The number of halogens is 2. The van der Waals surface area contributed by atoms with E-state index in [1.165, 1.54) is 23.1 Å². The minimum atomic E-state index is -0.587. The number of hydrazine groups is 2. The predicted octanol–water partition coefficient (Wildman–Crippen LogP) is 0.568. The average Bonchev–Trinajstić information content (AvgIpc) is 3.02. The Kier molecular flexibility index (Phi) is 3.51. The van der Waals surface area contributed by atoms with E-state index in [0.717, 1.165) is 0 Å². The second kappa shape index (κ2) is 5.31. The van der Waals surface area contributed by atoms with Gasteiger partial charge in [0.05, 0.1) is 13.1 Å². The van der Waals surface area contributed by atoms with Crippen molar-refractivity contribution < 1.29 is 18.3 Å². The molecule has 0 saturated carbocycles. The van der Waals surface area contributed by atoms with Crippen LogP contribution in [0.15, 0.2) is 18.2 Å². The highest BCUT2D eigenvalue weighted by Crippen LogP contribution is 2.16. The molecule has 2 N–H and O–H groups in total. The first-order chi connectivity index (χ1) is 9.65. The summed E-state index contributed by atoms with van der Waals surface area (Å²) in [5.74, 6) is -1.17. The van der Waals surface area contributed by atoms with Gasteiger partial charge in [0.1, 0.15) is 24.4 Å². The summed E-state index contributed by atoms with van der Waals surface area (Å²) < 4.78 is 32.0. The number of carbonyl (C=O) groups is 1. The molecule has 1 atom stereocenters. The molecule has 2 saturated heterocycles. The summed E-state index contributed by atoms with van der Waals surface area (Å²) in [4.78, 5) is 13.0. The fourth-order valence-corrected chi connectivity index (χ4v) is 2.31. The van der Waals surface area contributed by atoms with Gasteiger partial charge in [0.15, 0.2) is 0 Å². The predicted molar refractivity (Wildman–Crippen MR) is 64.9 cm³/mol. The Bertz CT molecular complexity index is 508. The van der Waals surface area contributed by atoms with Crippen molar-refractivity contribution in [3.63, 3.8) is 0 Å². The van der Waals surface area contributed by atoms with Crippen LogP contribution in [0.4, 0.5) is 13.6 Å². The highest BCUT2D eigenvalue weighted by atomic mass is 19.1. The fraction of sp³-hybridized carbons (Fsp3) is 0.417. The van der Waals surface area contributed by atoms with E-state index in [1.807, 2.05) is 0 Å². The molecule has 1 amide bonds. The van der Waals surface area contributed by atoms with Crippen LogP contribution in [-0.2, 0) is 11.3 Å². The monoisotopic (exact) mass is 284 g/mol. The van der Waals surface area contributed by atoms with Gasteiger partial charge in [0, 0.05) is 12.1 Å². The van der Waals surface area contributed by atoms with Crippen molar-refractivity contribution in [1.82, 2.24) is 20.9 Å². The lowest BCUT2D eigenvalue weighted by atomic mass is 10.2. The van der Waals surface area contributed by atoms with Gasteiger partial charge in [-0.05, 0) is 12.1 Å². The Morgan fingerprint density at radius 1 is 1.35 bits per heavy atom. The first-order valence-electron chi connectivity index (χ1n) is 6.27. The molecule has 2 heterocycles. The third kappa shape index (κ3) is 2.45. The van der Waals surface area contributed by atoms with Crippen LogP contribution < -0.4 is 11.0 Å². The maximum Gasteiger partial charge on any atom is 0.411 e. The second-order valence-electron chi connectivity index (χ2n) is 4.66. The summed E-state index contributed by atoms with van der Waals surface area (Å²) in [6.45, 7) is 1.33. The van der Waals surface area contributed by atoms with Crippen LogP contribution >= 0.6 is 0 Å². The molecule has 0 aromatic heterocycles. The van der Waals surface area contributed by atoms with Crippen molar-refractivity contribution in [3.05, 3.63) is 35.4 Å². The molecule has 2 aliphatic heterocycles. The minimum absolute atomic E-state index is 0.00792. The standard InChI is InChI=1S/C12H14F2N4O2/c13-9-2-1-3-10(14)8(9)6-17-7-11(15-16-17)18-4-5-20-12(18)19/h1-3,11,15-16H,4-7H2. The van der Waals surface area contributed by atoms with Crippen LogP contribution in [0.2, 0.25) is 0 Å². The number of carbonyl (C=O) groups excluding carboxylic acids is 1. The molecular formula is C12H14F2N4O2. The highest BCUT2D eigenvalue weighted by molar-refractivity contribution is 5.69. The zero-order valence-electron chi connectivity index (χ0n) is 10.6. The van der Waals surface area contributed by atoms with Gasteiger partial charge in [-0.1, -0.05) is 6.07 Å². The number of ether oxygens (including phenoxy) is 1. The lowest BCUT2D eigenvalue weighted by Gasteiger charge is -2.19. The van der Waals surface area contributed by atoms with Crippen LogP contribution in [0.5, 0.6) is 0 Å². The molecule has 0 bridgehead atoms. The molecule has 1 aromatic carbocycles. The van der Waals surface area contributed by atoms with Crippen molar-refractivity contribution in [2.45, 2.75) is 12.7 Å². The second-order valence-corrected chi connectivity index (χ2v) is 4.66. The Hall–Kier alpha value is -1.77. The van der Waals surface area contributed by atoms with Crippen molar-refractivity contribution in [2.24, 2.45) is 0 Å². The first-order valence-corrected chi connectivity index (χ1v) is 6.27. The molecule has 0 spiro atoms. The number of rotatable bonds is 3. The van der Waals surface area contributed by atoms with Gasteiger partial charge in [0.2, 0.25) is 0 Å². The van der Waals surface area contributed by atoms with Crippen molar-refractivity contribution >= 4 is 6.09 Å². The SMILES string of the molecule is O=C1OCCN1C1CN(Cc2c(F)cccc2F)NN1. The van der Waals surface area contributed by atoms with Gasteiger partial charge in [-0.25, -0.2) is 24.0 Å². The molecule has 2 aliphatic rings. The van der Waals surface area contributed by atoms with Crippen molar-refractivity contribution in [3.8, 4) is 0 Å². The fourth-order valence-electron chi connectivity index (χ4n) is 2.31. The lowest BCUT2D eigenvalue weighted by Crippen LogP contribution is -2.46. The van der Waals surface area contributed by atoms with E-state index in [1.54, 1.807) is 5.01 Å². The number of amides is 1. The molecule has 20 heavy (non-hydrogen) atoms. The van der Waals surface area contributed by atoms with E-state index in [-0.39, 0.29) is 24.4 Å². The van der Waals surface area contributed by atoms with E-state index in [9.17, 15) is 13.6 Å². The largest absolute Gasteiger partial charge is 0.447 e. The Labute approximate surface area is 114 Å².